The molecule has 0 bridgehead atoms. The molecule has 136 valence electrons. The molecule has 1 N–H and O–H groups in total. The molecule has 0 heterocycles. The lowest BCUT2D eigenvalue weighted by Gasteiger charge is -2.18. The smallest absolute Gasteiger partial charge is 0.307 e. The van der Waals surface area contributed by atoms with Gasteiger partial charge in [0.2, 0.25) is 10.0 Å². The molecule has 0 saturated carbocycles. The lowest BCUT2D eigenvalue weighted by molar-refractivity contribution is -0.141. The summed E-state index contributed by atoms with van der Waals surface area (Å²) in [5, 5.41) is 0. The lowest BCUT2D eigenvalue weighted by atomic mass is 10.0. The van der Waals surface area contributed by atoms with Gasteiger partial charge >= 0.3 is 5.97 Å². The van der Waals surface area contributed by atoms with E-state index in [4.69, 9.17) is 0 Å². The van der Waals surface area contributed by atoms with Gasteiger partial charge in [0, 0.05) is 12.3 Å². The lowest BCUT2D eigenvalue weighted by Crippen LogP contribution is -2.39. The molecular weight excluding hydrogens is 354 g/mol. The zero-order valence-corrected chi connectivity index (χ0v) is 15.4. The summed E-state index contributed by atoms with van der Waals surface area (Å²) in [4.78, 5) is 11.5. The molecule has 0 spiro atoms. The van der Waals surface area contributed by atoms with Gasteiger partial charge in [-0.25, -0.2) is 21.6 Å². The van der Waals surface area contributed by atoms with E-state index in [1.165, 1.54) is 7.11 Å². The molecule has 0 aliphatic rings. The number of benzene rings is 1. The first-order valence-electron chi connectivity index (χ1n) is 7.40. The minimum atomic E-state index is -3.70. The normalized spacial score (nSPS) is 13.4. The number of carbonyl (C=O) groups excluding carboxylic acids is 1. The number of carbonyl (C=O) groups is 1. The summed E-state index contributed by atoms with van der Waals surface area (Å²) in [5.41, 5.74) is 0.880. The number of sulfonamides is 1. The van der Waals surface area contributed by atoms with Gasteiger partial charge in [-0.1, -0.05) is 30.3 Å². The van der Waals surface area contributed by atoms with Crippen LogP contribution in [-0.4, -0.2) is 53.7 Å². The van der Waals surface area contributed by atoms with Gasteiger partial charge in [0.1, 0.15) is 9.84 Å². The van der Waals surface area contributed by atoms with E-state index in [0.29, 0.717) is 6.42 Å². The number of rotatable bonds is 10. The minimum absolute atomic E-state index is 0.00441. The van der Waals surface area contributed by atoms with E-state index >= 15 is 0 Å². The van der Waals surface area contributed by atoms with Crippen LogP contribution in [0.15, 0.2) is 30.3 Å². The molecule has 0 radical (unpaired) electrons. The van der Waals surface area contributed by atoms with Crippen LogP contribution >= 0.6 is 0 Å². The molecule has 9 heteroatoms. The fourth-order valence-corrected chi connectivity index (χ4v) is 4.33. The predicted molar refractivity (Wildman–Crippen MR) is 91.8 cm³/mol. The highest BCUT2D eigenvalue weighted by molar-refractivity contribution is 7.91. The topological polar surface area (TPSA) is 107 Å². The van der Waals surface area contributed by atoms with Crippen molar-refractivity contribution in [3.63, 3.8) is 0 Å². The zero-order chi connectivity index (χ0) is 18.2. The first-order valence-corrected chi connectivity index (χ1v) is 11.1. The van der Waals surface area contributed by atoms with Gasteiger partial charge in [-0.2, -0.15) is 0 Å². The number of hydrogen-bond acceptors (Lipinski definition) is 6. The molecule has 0 fully saturated rings. The van der Waals surface area contributed by atoms with Crippen LogP contribution in [0.5, 0.6) is 0 Å². The van der Waals surface area contributed by atoms with Crippen LogP contribution in [-0.2, 0) is 35.8 Å². The molecule has 0 aromatic heterocycles. The Balaban J connectivity index is 2.73. The summed E-state index contributed by atoms with van der Waals surface area (Å²) >= 11 is 0. The largest absolute Gasteiger partial charge is 0.469 e. The number of methoxy groups -OCH3 is 1. The van der Waals surface area contributed by atoms with Gasteiger partial charge in [0.15, 0.2) is 0 Å². The molecule has 1 aromatic carbocycles. The third-order valence-electron chi connectivity index (χ3n) is 3.24. The summed E-state index contributed by atoms with van der Waals surface area (Å²) in [7, 11) is -5.67. The summed E-state index contributed by atoms with van der Waals surface area (Å²) < 4.78 is 53.5. The van der Waals surface area contributed by atoms with Crippen LogP contribution in [0.1, 0.15) is 18.4 Å². The number of sulfone groups is 1. The number of esters is 1. The van der Waals surface area contributed by atoms with E-state index in [1.54, 1.807) is 0 Å². The summed E-state index contributed by atoms with van der Waals surface area (Å²) in [6.45, 7) is 0. The first kappa shape index (κ1) is 20.6. The summed E-state index contributed by atoms with van der Waals surface area (Å²) in [6, 6.07) is 8.51. The Hall–Kier alpha value is -1.45. The van der Waals surface area contributed by atoms with Gasteiger partial charge in [0.25, 0.3) is 0 Å². The van der Waals surface area contributed by atoms with Crippen molar-refractivity contribution in [3.8, 4) is 0 Å². The van der Waals surface area contributed by atoms with Gasteiger partial charge < -0.3 is 4.74 Å². The van der Waals surface area contributed by atoms with Crippen molar-refractivity contribution in [1.29, 1.82) is 0 Å². The van der Waals surface area contributed by atoms with Crippen molar-refractivity contribution in [2.75, 3.05) is 24.9 Å². The second-order valence-corrected chi connectivity index (χ2v) is 9.72. The van der Waals surface area contributed by atoms with E-state index in [2.05, 4.69) is 9.46 Å². The minimum Gasteiger partial charge on any atom is -0.469 e. The van der Waals surface area contributed by atoms with E-state index in [-0.39, 0.29) is 24.3 Å². The van der Waals surface area contributed by atoms with E-state index in [1.807, 2.05) is 30.3 Å². The van der Waals surface area contributed by atoms with Gasteiger partial charge in [0.05, 0.1) is 25.0 Å². The number of nitrogens with one attached hydrogen (secondary N) is 1. The molecule has 1 atom stereocenters. The Kier molecular flexibility index (Phi) is 7.85. The first-order chi connectivity index (χ1) is 11.1. The fraction of sp³-hybridized carbons (Fsp3) is 0.533. The van der Waals surface area contributed by atoms with Gasteiger partial charge in [-0.05, 0) is 18.4 Å². The van der Waals surface area contributed by atoms with Crippen molar-refractivity contribution >= 4 is 25.8 Å². The SMILES string of the molecule is COC(=O)C[C@@H](Cc1ccccc1)NS(=O)(=O)CCCS(C)(=O)=O. The van der Waals surface area contributed by atoms with E-state index < -0.39 is 31.9 Å². The van der Waals surface area contributed by atoms with Crippen molar-refractivity contribution < 1.29 is 26.4 Å². The van der Waals surface area contributed by atoms with Crippen LogP contribution in [0, 0.1) is 0 Å². The predicted octanol–water partition coefficient (Wildman–Crippen LogP) is 0.515. The maximum atomic E-state index is 12.1. The molecule has 7 nitrogen and oxygen atoms in total. The molecular formula is C15H23NO6S2. The Morgan fingerprint density at radius 1 is 1.12 bits per heavy atom. The third kappa shape index (κ3) is 8.99. The molecule has 0 aliphatic carbocycles. The number of ether oxygens (including phenoxy) is 1. The van der Waals surface area contributed by atoms with Crippen molar-refractivity contribution in [2.45, 2.75) is 25.3 Å². The van der Waals surface area contributed by atoms with Crippen LogP contribution in [0.4, 0.5) is 0 Å². The van der Waals surface area contributed by atoms with Crippen LogP contribution in [0.2, 0.25) is 0 Å². The van der Waals surface area contributed by atoms with Gasteiger partial charge in [-0.3, -0.25) is 4.79 Å². The monoisotopic (exact) mass is 377 g/mol. The Morgan fingerprint density at radius 3 is 2.29 bits per heavy atom. The molecule has 1 aromatic rings. The maximum absolute atomic E-state index is 12.1. The molecule has 0 amide bonds. The average molecular weight is 377 g/mol. The summed E-state index contributed by atoms with van der Waals surface area (Å²) in [6.07, 6.45) is 1.30. The Morgan fingerprint density at radius 2 is 1.75 bits per heavy atom. The van der Waals surface area contributed by atoms with Crippen molar-refractivity contribution in [1.82, 2.24) is 4.72 Å². The Labute approximate surface area is 143 Å². The fourth-order valence-electron chi connectivity index (χ4n) is 2.16. The number of hydrogen-bond donors (Lipinski definition) is 1. The molecule has 1 rings (SSSR count). The van der Waals surface area contributed by atoms with Crippen molar-refractivity contribution in [3.05, 3.63) is 35.9 Å². The summed E-state index contributed by atoms with van der Waals surface area (Å²) in [5.74, 6) is -1.03. The van der Waals surface area contributed by atoms with Gasteiger partial charge in [-0.15, -0.1) is 0 Å². The highest BCUT2D eigenvalue weighted by Gasteiger charge is 2.21. The standard InChI is InChI=1S/C15H23NO6S2/c1-22-15(17)12-14(11-13-7-4-3-5-8-13)16-24(20,21)10-6-9-23(2,18)19/h3-5,7-8,14,16H,6,9-12H2,1-2H3/t14-/m1/s1. The van der Waals surface area contributed by atoms with Crippen LogP contribution < -0.4 is 4.72 Å². The molecule has 0 unspecified atom stereocenters. The zero-order valence-electron chi connectivity index (χ0n) is 13.8. The second-order valence-electron chi connectivity index (χ2n) is 5.59. The van der Waals surface area contributed by atoms with Crippen molar-refractivity contribution in [2.24, 2.45) is 0 Å². The van der Waals surface area contributed by atoms with E-state index in [9.17, 15) is 21.6 Å². The highest BCUT2D eigenvalue weighted by atomic mass is 32.2. The molecule has 24 heavy (non-hydrogen) atoms. The van der Waals surface area contributed by atoms with Crippen LogP contribution in [0.3, 0.4) is 0 Å². The maximum Gasteiger partial charge on any atom is 0.307 e. The van der Waals surface area contributed by atoms with Crippen LogP contribution in [0.25, 0.3) is 0 Å². The third-order valence-corrected chi connectivity index (χ3v) is 5.79. The molecule has 0 saturated heterocycles. The quantitative estimate of drug-likeness (QED) is 0.596. The highest BCUT2D eigenvalue weighted by Crippen LogP contribution is 2.08. The Bertz CT molecular complexity index is 728. The molecule has 0 aliphatic heterocycles. The second kappa shape index (κ2) is 9.14. The van der Waals surface area contributed by atoms with E-state index in [0.717, 1.165) is 11.8 Å². The average Bonchev–Trinajstić information content (AvgIpc) is 2.45.